The lowest BCUT2D eigenvalue weighted by Gasteiger charge is -2.32. The van der Waals surface area contributed by atoms with Crippen LogP contribution in [0.3, 0.4) is 0 Å². The Bertz CT molecular complexity index is 1300. The molecule has 0 spiro atoms. The summed E-state index contributed by atoms with van der Waals surface area (Å²) >= 11 is 0. The Morgan fingerprint density at radius 1 is 1.10 bits per heavy atom. The molecule has 30 heavy (non-hydrogen) atoms. The highest BCUT2D eigenvalue weighted by Crippen LogP contribution is 2.26. The largest absolute Gasteiger partial charge is 0.497 e. The van der Waals surface area contributed by atoms with E-state index in [9.17, 15) is 9.59 Å². The number of pyridine rings is 1. The van der Waals surface area contributed by atoms with E-state index in [1.165, 1.54) is 0 Å². The van der Waals surface area contributed by atoms with Gasteiger partial charge in [-0.1, -0.05) is 18.2 Å². The number of nitrogens with zero attached hydrogens (tertiary/aromatic N) is 3. The van der Waals surface area contributed by atoms with E-state index in [1.54, 1.807) is 13.2 Å². The molecule has 1 fully saturated rings. The predicted octanol–water partition coefficient (Wildman–Crippen LogP) is 3.36. The number of carbonyl (C=O) groups excluding carboxylic acids is 1. The summed E-state index contributed by atoms with van der Waals surface area (Å²) in [5, 5.41) is 0.934. The summed E-state index contributed by atoms with van der Waals surface area (Å²) in [7, 11) is 1.63. The molecule has 7 heteroatoms. The summed E-state index contributed by atoms with van der Waals surface area (Å²) in [5.41, 5.74) is 2.88. The van der Waals surface area contributed by atoms with Gasteiger partial charge in [0.25, 0.3) is 5.91 Å². The van der Waals surface area contributed by atoms with Gasteiger partial charge in [0.1, 0.15) is 11.4 Å². The smallest absolute Gasteiger partial charge is 0.326 e. The number of hydrogen-bond acceptors (Lipinski definition) is 4. The quantitative estimate of drug-likeness (QED) is 0.570. The van der Waals surface area contributed by atoms with Crippen LogP contribution in [-0.4, -0.2) is 45.5 Å². The monoisotopic (exact) mass is 402 g/mol. The van der Waals surface area contributed by atoms with Crippen molar-refractivity contribution in [1.29, 1.82) is 0 Å². The number of H-pyrrole nitrogens is 1. The molecule has 1 amide bonds. The van der Waals surface area contributed by atoms with Crippen molar-refractivity contribution in [1.82, 2.24) is 19.4 Å². The molecule has 4 aromatic rings. The number of nitrogens with one attached hydrogen (secondary N) is 1. The first-order valence-corrected chi connectivity index (χ1v) is 10.1. The maximum atomic E-state index is 13.0. The molecule has 1 saturated heterocycles. The lowest BCUT2D eigenvalue weighted by molar-refractivity contribution is 0.0689. The number of hydrogen-bond donors (Lipinski definition) is 1. The molecule has 2 aromatic heterocycles. The van der Waals surface area contributed by atoms with Crippen molar-refractivity contribution >= 4 is 27.8 Å². The zero-order chi connectivity index (χ0) is 20.7. The highest BCUT2D eigenvalue weighted by molar-refractivity contribution is 5.95. The van der Waals surface area contributed by atoms with Crippen LogP contribution in [0.2, 0.25) is 0 Å². The van der Waals surface area contributed by atoms with E-state index >= 15 is 0 Å². The average Bonchev–Trinajstić information content (AvgIpc) is 3.13. The van der Waals surface area contributed by atoms with E-state index in [-0.39, 0.29) is 17.6 Å². The standard InChI is InChI=1S/C23H22N4O3/c1-30-17-7-9-18-15(14-17)6-8-20(24-18)22(28)26-12-10-16(11-13-26)27-21-5-3-2-4-19(21)25-23(27)29/h2-9,14,16H,10-13H2,1H3,(H,25,29). The third-order valence-electron chi connectivity index (χ3n) is 5.86. The van der Waals surface area contributed by atoms with Crippen LogP contribution in [0.5, 0.6) is 5.75 Å². The van der Waals surface area contributed by atoms with Gasteiger partial charge < -0.3 is 14.6 Å². The number of methoxy groups -OCH3 is 1. The van der Waals surface area contributed by atoms with Crippen LogP contribution < -0.4 is 10.4 Å². The van der Waals surface area contributed by atoms with Crippen LogP contribution in [0.15, 0.2) is 59.4 Å². The second-order valence-electron chi connectivity index (χ2n) is 7.60. The summed E-state index contributed by atoms with van der Waals surface area (Å²) in [5.74, 6) is 0.690. The van der Waals surface area contributed by atoms with Gasteiger partial charge >= 0.3 is 5.69 Å². The van der Waals surface area contributed by atoms with Crippen LogP contribution in [-0.2, 0) is 0 Å². The number of ether oxygens (including phenoxy) is 1. The minimum Gasteiger partial charge on any atom is -0.497 e. The Kier molecular flexibility index (Phi) is 4.50. The summed E-state index contributed by atoms with van der Waals surface area (Å²) in [6.07, 6.45) is 1.47. The molecule has 7 nitrogen and oxygen atoms in total. The topological polar surface area (TPSA) is 80.2 Å². The fourth-order valence-electron chi connectivity index (χ4n) is 4.28. The van der Waals surface area contributed by atoms with Crippen LogP contribution >= 0.6 is 0 Å². The van der Waals surface area contributed by atoms with Crippen molar-refractivity contribution in [2.75, 3.05) is 20.2 Å². The van der Waals surface area contributed by atoms with Crippen molar-refractivity contribution < 1.29 is 9.53 Å². The predicted molar refractivity (Wildman–Crippen MR) is 115 cm³/mol. The first kappa shape index (κ1) is 18.4. The van der Waals surface area contributed by atoms with E-state index in [0.29, 0.717) is 18.8 Å². The number of rotatable bonds is 3. The Morgan fingerprint density at radius 3 is 2.70 bits per heavy atom. The first-order chi connectivity index (χ1) is 14.6. The molecular weight excluding hydrogens is 380 g/mol. The number of piperidine rings is 1. The van der Waals surface area contributed by atoms with Gasteiger partial charge in [0.2, 0.25) is 0 Å². The molecule has 0 aliphatic carbocycles. The van der Waals surface area contributed by atoms with Gasteiger partial charge in [-0.25, -0.2) is 9.78 Å². The molecular formula is C23H22N4O3. The highest BCUT2D eigenvalue weighted by atomic mass is 16.5. The highest BCUT2D eigenvalue weighted by Gasteiger charge is 2.27. The van der Waals surface area contributed by atoms with Crippen molar-refractivity contribution in [3.05, 3.63) is 70.8 Å². The molecule has 1 aliphatic rings. The van der Waals surface area contributed by atoms with E-state index in [4.69, 9.17) is 4.74 Å². The number of aromatic amines is 1. The maximum absolute atomic E-state index is 13.0. The third-order valence-corrected chi connectivity index (χ3v) is 5.86. The minimum absolute atomic E-state index is 0.0718. The number of amides is 1. The Balaban J connectivity index is 1.34. The summed E-state index contributed by atoms with van der Waals surface area (Å²) < 4.78 is 7.07. The van der Waals surface area contributed by atoms with Gasteiger partial charge in [-0.3, -0.25) is 9.36 Å². The van der Waals surface area contributed by atoms with Gasteiger partial charge in [-0.15, -0.1) is 0 Å². The van der Waals surface area contributed by atoms with Crippen molar-refractivity contribution in [2.24, 2.45) is 0 Å². The van der Waals surface area contributed by atoms with Crippen molar-refractivity contribution in [3.63, 3.8) is 0 Å². The van der Waals surface area contributed by atoms with Crippen molar-refractivity contribution in [2.45, 2.75) is 18.9 Å². The number of fused-ring (bicyclic) bond motifs is 2. The van der Waals surface area contributed by atoms with Gasteiger partial charge in [-0.05, 0) is 49.2 Å². The summed E-state index contributed by atoms with van der Waals surface area (Å²) in [6, 6.07) is 17.1. The van der Waals surface area contributed by atoms with E-state index in [1.807, 2.05) is 58.0 Å². The fourth-order valence-corrected chi connectivity index (χ4v) is 4.28. The second-order valence-corrected chi connectivity index (χ2v) is 7.60. The van der Waals surface area contributed by atoms with Crippen LogP contribution in [0.4, 0.5) is 0 Å². The molecule has 0 radical (unpaired) electrons. The number of imidazole rings is 1. The third kappa shape index (κ3) is 3.12. The molecule has 152 valence electrons. The van der Waals surface area contributed by atoms with Gasteiger partial charge in [-0.2, -0.15) is 0 Å². The van der Waals surface area contributed by atoms with Gasteiger partial charge in [0.15, 0.2) is 0 Å². The number of benzene rings is 2. The number of carbonyl (C=O) groups is 1. The van der Waals surface area contributed by atoms with E-state index < -0.39 is 0 Å². The molecule has 2 aromatic carbocycles. The molecule has 3 heterocycles. The number of likely N-dealkylation sites (tertiary alicyclic amines) is 1. The molecule has 1 N–H and O–H groups in total. The van der Waals surface area contributed by atoms with Gasteiger partial charge in [0.05, 0.1) is 23.7 Å². The minimum atomic E-state index is -0.0902. The van der Waals surface area contributed by atoms with Crippen LogP contribution in [0.25, 0.3) is 21.9 Å². The van der Waals surface area contributed by atoms with Crippen molar-refractivity contribution in [3.8, 4) is 5.75 Å². The SMILES string of the molecule is COc1ccc2nc(C(=O)N3CCC(n4c(=O)[nH]c5ccccc54)CC3)ccc2c1. The zero-order valence-corrected chi connectivity index (χ0v) is 16.7. The Labute approximate surface area is 172 Å². The Hall–Kier alpha value is -3.61. The van der Waals surface area contributed by atoms with Crippen LogP contribution in [0, 0.1) is 0 Å². The molecule has 0 unspecified atom stereocenters. The lowest BCUT2D eigenvalue weighted by Crippen LogP contribution is -2.40. The zero-order valence-electron chi connectivity index (χ0n) is 16.7. The van der Waals surface area contributed by atoms with E-state index in [2.05, 4.69) is 9.97 Å². The molecule has 1 aliphatic heterocycles. The number of para-hydroxylation sites is 2. The molecule has 0 atom stereocenters. The molecule has 0 bridgehead atoms. The number of aromatic nitrogens is 3. The lowest BCUT2D eigenvalue weighted by atomic mass is 10.0. The summed E-state index contributed by atoms with van der Waals surface area (Å²) in [4.78, 5) is 34.7. The summed E-state index contributed by atoms with van der Waals surface area (Å²) in [6.45, 7) is 1.19. The van der Waals surface area contributed by atoms with Gasteiger partial charge in [0, 0.05) is 24.5 Å². The normalized spacial score (nSPS) is 15.0. The molecule has 0 saturated carbocycles. The van der Waals surface area contributed by atoms with E-state index in [0.717, 1.165) is 40.5 Å². The average molecular weight is 402 g/mol. The fraction of sp³-hybridized carbons (Fsp3) is 0.261. The van der Waals surface area contributed by atoms with Crippen LogP contribution in [0.1, 0.15) is 29.4 Å². The second kappa shape index (κ2) is 7.33. The molecule has 5 rings (SSSR count). The first-order valence-electron chi connectivity index (χ1n) is 10.1. The Morgan fingerprint density at radius 2 is 1.90 bits per heavy atom. The maximum Gasteiger partial charge on any atom is 0.326 e.